The van der Waals surface area contributed by atoms with Crippen molar-refractivity contribution in [1.29, 1.82) is 0 Å². The molecular formula is C25H27F3N6O6. The van der Waals surface area contributed by atoms with Gasteiger partial charge in [-0.25, -0.2) is 9.59 Å². The molecule has 1 aromatic carbocycles. The summed E-state index contributed by atoms with van der Waals surface area (Å²) >= 11 is 0. The van der Waals surface area contributed by atoms with E-state index in [1.807, 2.05) is 30.3 Å². The van der Waals surface area contributed by atoms with Crippen LogP contribution in [0.5, 0.6) is 0 Å². The number of nitrogens with one attached hydrogen (secondary N) is 1. The number of alkyl halides is 3. The third-order valence-corrected chi connectivity index (χ3v) is 5.80. The molecule has 214 valence electrons. The predicted molar refractivity (Wildman–Crippen MR) is 138 cm³/mol. The highest BCUT2D eigenvalue weighted by atomic mass is 19.4. The number of hydrogen-bond acceptors (Lipinski definition) is 8. The highest BCUT2D eigenvalue weighted by molar-refractivity contribution is 5.77. The molecular weight excluding hydrogens is 537 g/mol. The van der Waals surface area contributed by atoms with Crippen LogP contribution in [0.1, 0.15) is 12.5 Å². The molecule has 3 heterocycles. The quantitative estimate of drug-likeness (QED) is 0.327. The minimum atomic E-state index is -5.08. The minimum Gasteiger partial charge on any atom is -0.475 e. The first-order valence-corrected chi connectivity index (χ1v) is 12.0. The van der Waals surface area contributed by atoms with Gasteiger partial charge in [0, 0.05) is 33.2 Å². The summed E-state index contributed by atoms with van der Waals surface area (Å²) in [5.41, 5.74) is 0.139. The van der Waals surface area contributed by atoms with E-state index in [1.54, 1.807) is 11.5 Å². The number of aliphatic carboxylic acids is 1. The first-order chi connectivity index (χ1) is 19.0. The smallest absolute Gasteiger partial charge is 0.475 e. The van der Waals surface area contributed by atoms with Crippen LogP contribution in [0.4, 0.5) is 19.1 Å². The second-order valence-electron chi connectivity index (χ2n) is 8.52. The molecule has 1 fully saturated rings. The van der Waals surface area contributed by atoms with Gasteiger partial charge in [0.2, 0.25) is 5.95 Å². The number of imidazole rings is 1. The van der Waals surface area contributed by atoms with Crippen molar-refractivity contribution in [2.45, 2.75) is 32.8 Å². The molecule has 12 nitrogen and oxygen atoms in total. The topological polar surface area (TPSA) is 141 Å². The second kappa shape index (κ2) is 13.0. The van der Waals surface area contributed by atoms with E-state index in [9.17, 15) is 27.6 Å². The maximum Gasteiger partial charge on any atom is 0.490 e. The SMILES string of the molecule is CC#CCn1c(N2CCNCC2)nc2c1c(=O)n(C)c(=O)n2CC(=O)OCc1ccccc1.O=C(O)C(F)(F)F. The Bertz CT molecular complexity index is 1540. The molecule has 0 bridgehead atoms. The lowest BCUT2D eigenvalue weighted by Crippen LogP contribution is -2.44. The Hall–Kier alpha value is -4.58. The number of aromatic nitrogens is 4. The number of ether oxygens (including phenoxy) is 1. The molecule has 0 spiro atoms. The zero-order valence-electron chi connectivity index (χ0n) is 21.7. The first kappa shape index (κ1) is 30.0. The molecule has 0 aliphatic carbocycles. The minimum absolute atomic E-state index is 0.0931. The number of fused-ring (bicyclic) bond motifs is 1. The van der Waals surface area contributed by atoms with Gasteiger partial charge in [0.25, 0.3) is 5.56 Å². The molecule has 2 aromatic heterocycles. The van der Waals surface area contributed by atoms with E-state index in [2.05, 4.69) is 27.0 Å². The lowest BCUT2D eigenvalue weighted by molar-refractivity contribution is -0.192. The van der Waals surface area contributed by atoms with Gasteiger partial charge in [0.1, 0.15) is 13.2 Å². The molecule has 0 radical (unpaired) electrons. The summed E-state index contributed by atoms with van der Waals surface area (Å²) < 4.78 is 41.0. The zero-order chi connectivity index (χ0) is 29.4. The number of carboxylic acids is 1. The Kier molecular flexibility index (Phi) is 9.73. The summed E-state index contributed by atoms with van der Waals surface area (Å²) in [5, 5.41) is 10.4. The third-order valence-electron chi connectivity index (χ3n) is 5.80. The summed E-state index contributed by atoms with van der Waals surface area (Å²) in [6.07, 6.45) is -5.08. The van der Waals surface area contributed by atoms with Gasteiger partial charge in [-0.3, -0.25) is 23.3 Å². The monoisotopic (exact) mass is 564 g/mol. The van der Waals surface area contributed by atoms with Gasteiger partial charge in [-0.2, -0.15) is 18.2 Å². The summed E-state index contributed by atoms with van der Waals surface area (Å²) in [5.74, 6) is 3.04. The Morgan fingerprint density at radius 1 is 1.12 bits per heavy atom. The van der Waals surface area contributed by atoms with Crippen molar-refractivity contribution in [3.63, 3.8) is 0 Å². The van der Waals surface area contributed by atoms with Gasteiger partial charge in [-0.05, 0) is 12.5 Å². The summed E-state index contributed by atoms with van der Waals surface area (Å²) in [6, 6.07) is 9.28. The standard InChI is InChI=1S/C23H26N6O4.C2HF3O2/c1-3-4-12-28-19-20(25-22(28)27-13-10-24-11-14-27)29(23(32)26(2)21(19)31)15-18(30)33-16-17-8-6-5-7-9-17;3-2(4,5)1(6)7/h5-9,24H,10-16H2,1-2H3;(H,6,7). The molecule has 1 aliphatic heterocycles. The van der Waals surface area contributed by atoms with E-state index in [4.69, 9.17) is 14.6 Å². The maximum absolute atomic E-state index is 13.1. The van der Waals surface area contributed by atoms with Crippen molar-refractivity contribution in [2.24, 2.45) is 7.05 Å². The number of esters is 1. The lowest BCUT2D eigenvalue weighted by atomic mass is 10.2. The number of anilines is 1. The third kappa shape index (κ3) is 7.08. The van der Waals surface area contributed by atoms with Crippen LogP contribution in [0.15, 0.2) is 39.9 Å². The van der Waals surface area contributed by atoms with Gasteiger partial charge in [-0.1, -0.05) is 36.3 Å². The molecule has 1 saturated heterocycles. The average molecular weight is 565 g/mol. The van der Waals surface area contributed by atoms with Crippen molar-refractivity contribution in [2.75, 3.05) is 31.1 Å². The van der Waals surface area contributed by atoms with Gasteiger partial charge in [0.15, 0.2) is 11.2 Å². The maximum atomic E-state index is 13.1. The van der Waals surface area contributed by atoms with Crippen LogP contribution in [0, 0.1) is 11.8 Å². The van der Waals surface area contributed by atoms with Crippen LogP contribution in [0.2, 0.25) is 0 Å². The molecule has 4 rings (SSSR count). The number of benzene rings is 1. The molecule has 15 heteroatoms. The molecule has 3 aromatic rings. The number of hydrogen-bond donors (Lipinski definition) is 2. The Morgan fingerprint density at radius 2 is 1.75 bits per heavy atom. The van der Waals surface area contributed by atoms with Crippen molar-refractivity contribution in [3.05, 3.63) is 56.7 Å². The number of rotatable bonds is 6. The van der Waals surface area contributed by atoms with E-state index in [0.29, 0.717) is 19.0 Å². The highest BCUT2D eigenvalue weighted by Gasteiger charge is 2.38. The Labute approximate surface area is 225 Å². The van der Waals surface area contributed by atoms with Crippen LogP contribution in [0.25, 0.3) is 11.2 Å². The van der Waals surface area contributed by atoms with Gasteiger partial charge < -0.3 is 20.1 Å². The van der Waals surface area contributed by atoms with Gasteiger partial charge in [0.05, 0.1) is 6.54 Å². The molecule has 0 amide bonds. The largest absolute Gasteiger partial charge is 0.490 e. The normalized spacial score (nSPS) is 13.2. The fourth-order valence-electron chi connectivity index (χ4n) is 3.81. The van der Waals surface area contributed by atoms with Crippen molar-refractivity contribution in [1.82, 2.24) is 24.0 Å². The van der Waals surface area contributed by atoms with Crippen LogP contribution >= 0.6 is 0 Å². The Balaban J connectivity index is 0.000000559. The van der Waals surface area contributed by atoms with E-state index in [-0.39, 0.29) is 30.9 Å². The zero-order valence-corrected chi connectivity index (χ0v) is 21.7. The van der Waals surface area contributed by atoms with E-state index >= 15 is 0 Å². The highest BCUT2D eigenvalue weighted by Crippen LogP contribution is 2.20. The van der Waals surface area contributed by atoms with Crippen LogP contribution in [-0.4, -0.2) is 68.1 Å². The lowest BCUT2D eigenvalue weighted by Gasteiger charge is -2.28. The van der Waals surface area contributed by atoms with E-state index in [1.165, 1.54) is 11.6 Å². The van der Waals surface area contributed by atoms with Crippen molar-refractivity contribution in [3.8, 4) is 11.8 Å². The molecule has 2 N–H and O–H groups in total. The van der Waals surface area contributed by atoms with Gasteiger partial charge >= 0.3 is 23.8 Å². The van der Waals surface area contributed by atoms with Crippen LogP contribution in [0.3, 0.4) is 0 Å². The molecule has 0 atom stereocenters. The van der Waals surface area contributed by atoms with E-state index in [0.717, 1.165) is 23.2 Å². The van der Waals surface area contributed by atoms with Crippen LogP contribution < -0.4 is 21.5 Å². The summed E-state index contributed by atoms with van der Waals surface area (Å²) in [6.45, 7) is 4.67. The molecule has 0 unspecified atom stereocenters. The molecule has 1 aliphatic rings. The van der Waals surface area contributed by atoms with E-state index < -0.39 is 29.4 Å². The summed E-state index contributed by atoms with van der Waals surface area (Å²) in [7, 11) is 1.39. The van der Waals surface area contributed by atoms with Crippen molar-refractivity contribution >= 4 is 29.1 Å². The fraction of sp³-hybridized carbons (Fsp3) is 0.400. The summed E-state index contributed by atoms with van der Waals surface area (Å²) in [4.78, 5) is 54.2. The molecule has 40 heavy (non-hydrogen) atoms. The fourth-order valence-corrected chi connectivity index (χ4v) is 3.81. The predicted octanol–water partition coefficient (Wildman–Crippen LogP) is 0.706. The van der Waals surface area contributed by atoms with Crippen molar-refractivity contribution < 1.29 is 32.6 Å². The number of piperazine rings is 1. The molecule has 0 saturated carbocycles. The van der Waals surface area contributed by atoms with Gasteiger partial charge in [-0.15, -0.1) is 5.92 Å². The number of carbonyl (C=O) groups is 2. The first-order valence-electron chi connectivity index (χ1n) is 12.0. The number of carbonyl (C=O) groups excluding carboxylic acids is 1. The average Bonchev–Trinajstić information content (AvgIpc) is 3.32. The number of nitrogens with zero attached hydrogens (tertiary/aromatic N) is 5. The second-order valence-corrected chi connectivity index (χ2v) is 8.52. The number of carboxylic acid groups (broad SMARTS) is 1. The van der Waals surface area contributed by atoms with Crippen LogP contribution in [-0.2, 0) is 41.1 Å². The number of halogens is 3. The Morgan fingerprint density at radius 3 is 2.33 bits per heavy atom.